The number of carbonyl (C=O) groups is 4. The van der Waals surface area contributed by atoms with Gasteiger partial charge in [0.05, 0.1) is 25.4 Å². The third-order valence-corrected chi connectivity index (χ3v) is 7.34. The molecule has 2 heterocycles. The molecule has 3 rings (SSSR count). The van der Waals surface area contributed by atoms with E-state index in [1.807, 2.05) is 13.8 Å². The number of hydrogen-bond acceptors (Lipinski definition) is 15. The Morgan fingerprint density at radius 3 is 2.24 bits per heavy atom. The lowest BCUT2D eigenvalue weighted by molar-refractivity contribution is -0.302. The molecule has 4 N–H and O–H groups in total. The highest BCUT2D eigenvalue weighted by Crippen LogP contribution is 2.51. The minimum absolute atomic E-state index is 0.00169. The first-order valence-corrected chi connectivity index (χ1v) is 13.7. The zero-order valence-corrected chi connectivity index (χ0v) is 24.2. The quantitative estimate of drug-likeness (QED) is 0.166. The van der Waals surface area contributed by atoms with Gasteiger partial charge < -0.3 is 53.6 Å². The van der Waals surface area contributed by atoms with Crippen LogP contribution in [0.5, 0.6) is 0 Å². The Morgan fingerprint density at radius 1 is 1.00 bits per heavy atom. The number of aliphatic hydroxyl groups is 4. The maximum absolute atomic E-state index is 12.6. The van der Waals surface area contributed by atoms with E-state index in [0.717, 1.165) is 20.8 Å². The summed E-state index contributed by atoms with van der Waals surface area (Å²) in [7, 11) is 0. The summed E-state index contributed by atoms with van der Waals surface area (Å²) in [6, 6.07) is 0. The third kappa shape index (κ3) is 7.76. The highest BCUT2D eigenvalue weighted by Gasteiger charge is 2.63. The summed E-state index contributed by atoms with van der Waals surface area (Å²) >= 11 is 0. The fourth-order valence-electron chi connectivity index (χ4n) is 5.47. The molecule has 42 heavy (non-hydrogen) atoms. The molecule has 15 nitrogen and oxygen atoms in total. The number of ether oxygens (including phenoxy) is 7. The van der Waals surface area contributed by atoms with Crippen LogP contribution in [0.3, 0.4) is 0 Å². The molecule has 238 valence electrons. The monoisotopic (exact) mass is 604 g/mol. The number of aliphatic hydroxyl groups excluding tert-OH is 3. The van der Waals surface area contributed by atoms with Gasteiger partial charge in [0, 0.05) is 33.1 Å². The molecule has 0 radical (unpaired) electrons. The lowest BCUT2D eigenvalue weighted by atomic mass is 9.80. The number of rotatable bonds is 11. The number of esters is 4. The van der Waals surface area contributed by atoms with E-state index in [-0.39, 0.29) is 25.4 Å². The van der Waals surface area contributed by atoms with Crippen LogP contribution >= 0.6 is 0 Å². The fourth-order valence-corrected chi connectivity index (χ4v) is 5.47. The van der Waals surface area contributed by atoms with Gasteiger partial charge in [-0.1, -0.05) is 13.8 Å². The van der Waals surface area contributed by atoms with Crippen LogP contribution in [0.4, 0.5) is 0 Å². The van der Waals surface area contributed by atoms with E-state index in [1.54, 1.807) is 0 Å². The maximum atomic E-state index is 12.6. The highest BCUT2D eigenvalue weighted by atomic mass is 16.7. The number of hydrogen-bond donors (Lipinski definition) is 4. The fraction of sp³-hybridized carbons (Fsp3) is 0.778. The van der Waals surface area contributed by atoms with E-state index < -0.39 is 97.6 Å². The normalized spacial score (nSPS) is 35.9. The van der Waals surface area contributed by atoms with Crippen LogP contribution in [-0.4, -0.2) is 113 Å². The van der Waals surface area contributed by atoms with Crippen molar-refractivity contribution in [2.75, 3.05) is 19.8 Å². The Hall–Kier alpha value is -2.82. The van der Waals surface area contributed by atoms with Crippen LogP contribution in [0.25, 0.3) is 0 Å². The molecule has 1 saturated heterocycles. The lowest BCUT2D eigenvalue weighted by Crippen LogP contribution is -2.60. The molecule has 0 aromatic carbocycles. The minimum Gasteiger partial charge on any atom is -0.463 e. The average molecular weight is 605 g/mol. The molecule has 0 aromatic rings. The molecule has 1 aliphatic carbocycles. The zero-order valence-electron chi connectivity index (χ0n) is 24.2. The van der Waals surface area contributed by atoms with Crippen LogP contribution in [0.2, 0.25) is 0 Å². The van der Waals surface area contributed by atoms with Crippen molar-refractivity contribution < 1.29 is 72.8 Å². The van der Waals surface area contributed by atoms with E-state index in [4.69, 9.17) is 33.2 Å². The first-order valence-electron chi connectivity index (χ1n) is 13.7. The molecule has 0 bridgehead atoms. The Bertz CT molecular complexity index is 1030. The van der Waals surface area contributed by atoms with E-state index >= 15 is 0 Å². The molecule has 2 fully saturated rings. The third-order valence-electron chi connectivity index (χ3n) is 7.34. The lowest BCUT2D eigenvalue weighted by Gasteiger charge is -2.42. The van der Waals surface area contributed by atoms with E-state index in [9.17, 15) is 39.6 Å². The molecule has 2 aliphatic heterocycles. The Labute approximate surface area is 242 Å². The standard InChI is InChI=1S/C27H40O15/c1-12(2)6-20(32)42-25-21-17(7-19(39-14(4)30)27(21,35)11-38-13(3)29)16(9-36-25)10-37-26-24(40-15(5)31)23(34)22(33)18(8-28)41-26/h9,12,17-19,21-26,28,33-35H,6-8,10-11H2,1-5H3/t17-,18-,19+,21-,22-,23+,24-,25+,26-,27-/m1/s1. The van der Waals surface area contributed by atoms with Gasteiger partial charge in [-0.25, -0.2) is 0 Å². The van der Waals surface area contributed by atoms with Gasteiger partial charge in [0.15, 0.2) is 12.4 Å². The van der Waals surface area contributed by atoms with Crippen molar-refractivity contribution in [3.8, 4) is 0 Å². The zero-order chi connectivity index (χ0) is 31.4. The van der Waals surface area contributed by atoms with Crippen molar-refractivity contribution in [1.29, 1.82) is 0 Å². The van der Waals surface area contributed by atoms with Crippen molar-refractivity contribution in [2.24, 2.45) is 17.8 Å². The number of carbonyl (C=O) groups excluding carboxylic acids is 4. The summed E-state index contributed by atoms with van der Waals surface area (Å²) in [5.74, 6) is -4.63. The molecule has 15 heteroatoms. The topological polar surface area (TPSA) is 214 Å². The van der Waals surface area contributed by atoms with Gasteiger partial charge in [0.25, 0.3) is 0 Å². The predicted octanol–water partition coefficient (Wildman–Crippen LogP) is -0.935. The Balaban J connectivity index is 1.91. The van der Waals surface area contributed by atoms with Crippen LogP contribution in [0, 0.1) is 17.8 Å². The average Bonchev–Trinajstić information content (AvgIpc) is 3.17. The maximum Gasteiger partial charge on any atom is 0.309 e. The van der Waals surface area contributed by atoms with Crippen molar-refractivity contribution in [2.45, 2.75) is 96.2 Å². The van der Waals surface area contributed by atoms with Crippen LogP contribution in [0.15, 0.2) is 11.8 Å². The molecule has 0 aromatic heterocycles. The first kappa shape index (κ1) is 33.7. The summed E-state index contributed by atoms with van der Waals surface area (Å²) in [5.41, 5.74) is -1.66. The summed E-state index contributed by atoms with van der Waals surface area (Å²) in [4.78, 5) is 47.9. The molecule has 0 amide bonds. The second-order valence-corrected chi connectivity index (χ2v) is 11.1. The molecule has 10 atom stereocenters. The van der Waals surface area contributed by atoms with Gasteiger partial charge in [-0.3, -0.25) is 19.2 Å². The second-order valence-electron chi connectivity index (χ2n) is 11.1. The summed E-state index contributed by atoms with van der Waals surface area (Å²) in [6.07, 6.45) is -8.58. The Morgan fingerprint density at radius 2 is 1.67 bits per heavy atom. The van der Waals surface area contributed by atoms with Crippen molar-refractivity contribution in [3.63, 3.8) is 0 Å². The van der Waals surface area contributed by atoms with Gasteiger partial charge in [0.2, 0.25) is 6.29 Å². The van der Waals surface area contributed by atoms with Crippen molar-refractivity contribution in [3.05, 3.63) is 11.8 Å². The summed E-state index contributed by atoms with van der Waals surface area (Å²) in [5, 5.41) is 42.2. The van der Waals surface area contributed by atoms with Crippen molar-refractivity contribution >= 4 is 23.9 Å². The summed E-state index contributed by atoms with van der Waals surface area (Å²) < 4.78 is 38.3. The van der Waals surface area contributed by atoms with Gasteiger partial charge >= 0.3 is 23.9 Å². The molecule has 0 unspecified atom stereocenters. The SMILES string of the molecule is CC(=O)OC[C@]1(O)[C@H]2[C@H](OC(=O)CC(C)C)OC=C(CO[C@@H]3O[C@H](CO)[C@@H](O)[C@H](O)[C@H]3OC(C)=O)[C@H]2C[C@@H]1OC(C)=O. The van der Waals surface area contributed by atoms with Gasteiger partial charge in [0.1, 0.15) is 36.6 Å². The minimum atomic E-state index is -2.03. The second kappa shape index (κ2) is 14.1. The first-order chi connectivity index (χ1) is 19.7. The molecule has 3 aliphatic rings. The van der Waals surface area contributed by atoms with E-state index in [0.29, 0.717) is 5.57 Å². The largest absolute Gasteiger partial charge is 0.463 e. The van der Waals surface area contributed by atoms with Crippen LogP contribution in [0.1, 0.15) is 47.5 Å². The highest BCUT2D eigenvalue weighted by molar-refractivity contribution is 5.70. The van der Waals surface area contributed by atoms with Crippen LogP contribution < -0.4 is 0 Å². The van der Waals surface area contributed by atoms with E-state index in [1.165, 1.54) is 6.26 Å². The van der Waals surface area contributed by atoms with Gasteiger partial charge in [-0.05, 0) is 17.9 Å². The van der Waals surface area contributed by atoms with Crippen LogP contribution in [-0.2, 0) is 52.3 Å². The molecular formula is C27H40O15. The van der Waals surface area contributed by atoms with Gasteiger partial charge in [-0.15, -0.1) is 0 Å². The molecular weight excluding hydrogens is 564 g/mol. The molecule has 0 spiro atoms. The molecule has 1 saturated carbocycles. The Kier molecular flexibility index (Phi) is 11.3. The van der Waals surface area contributed by atoms with E-state index in [2.05, 4.69) is 0 Å². The number of fused-ring (bicyclic) bond motifs is 1. The smallest absolute Gasteiger partial charge is 0.309 e. The summed E-state index contributed by atoms with van der Waals surface area (Å²) in [6.45, 7) is 5.44. The van der Waals surface area contributed by atoms with Crippen molar-refractivity contribution in [1.82, 2.24) is 0 Å². The predicted molar refractivity (Wildman–Crippen MR) is 137 cm³/mol. The van der Waals surface area contributed by atoms with Gasteiger partial charge in [-0.2, -0.15) is 0 Å².